The first-order chi connectivity index (χ1) is 10.0. The molecule has 0 unspecified atom stereocenters. The molecule has 0 atom stereocenters. The van der Waals surface area contributed by atoms with Crippen molar-refractivity contribution in [1.82, 2.24) is 4.98 Å². The number of hydrogen-bond donors (Lipinski definition) is 1. The predicted octanol–water partition coefficient (Wildman–Crippen LogP) is 3.41. The molecule has 110 valence electrons. The number of nitrogens with one attached hydrogen (secondary N) is 1. The molecule has 1 heterocycles. The van der Waals surface area contributed by atoms with Crippen molar-refractivity contribution in [2.45, 2.75) is 27.4 Å². The Morgan fingerprint density at radius 2 is 2.00 bits per heavy atom. The molecule has 1 N–H and O–H groups in total. The summed E-state index contributed by atoms with van der Waals surface area (Å²) in [5.74, 6) is -0.134. The first-order valence-corrected chi connectivity index (χ1v) is 6.85. The molecule has 0 saturated heterocycles. The lowest BCUT2D eigenvalue weighted by Crippen LogP contribution is -2.15. The fourth-order valence-electron chi connectivity index (χ4n) is 2.37. The van der Waals surface area contributed by atoms with Crippen molar-refractivity contribution in [2.24, 2.45) is 0 Å². The van der Waals surface area contributed by atoms with Crippen LogP contribution in [0.25, 0.3) is 0 Å². The maximum atomic E-state index is 12.4. The summed E-state index contributed by atoms with van der Waals surface area (Å²) < 4.78 is 5.09. The van der Waals surface area contributed by atoms with Crippen LogP contribution in [0.3, 0.4) is 0 Å². The van der Waals surface area contributed by atoms with Crippen molar-refractivity contribution in [3.8, 4) is 0 Å². The molecule has 0 radical (unpaired) electrons. The number of nitrogens with zero attached hydrogens (tertiary/aromatic N) is 1. The lowest BCUT2D eigenvalue weighted by atomic mass is 10.1. The number of benzene rings is 1. The van der Waals surface area contributed by atoms with Crippen LogP contribution in [0.4, 0.5) is 5.69 Å². The monoisotopic (exact) mass is 284 g/mol. The summed E-state index contributed by atoms with van der Waals surface area (Å²) in [6.07, 6.45) is 0. The highest BCUT2D eigenvalue weighted by Gasteiger charge is 2.11. The Morgan fingerprint density at radius 3 is 2.67 bits per heavy atom. The van der Waals surface area contributed by atoms with Gasteiger partial charge in [-0.1, -0.05) is 12.1 Å². The normalized spacial score (nSPS) is 10.5. The van der Waals surface area contributed by atoms with Gasteiger partial charge in [-0.25, -0.2) is 0 Å². The van der Waals surface area contributed by atoms with Crippen molar-refractivity contribution in [3.05, 3.63) is 58.4 Å². The topological polar surface area (TPSA) is 51.2 Å². The number of ether oxygens (including phenoxy) is 1. The minimum absolute atomic E-state index is 0.134. The number of rotatable bonds is 4. The molecule has 0 saturated carbocycles. The minimum Gasteiger partial charge on any atom is -0.380 e. The number of anilines is 1. The average molecular weight is 284 g/mol. The second-order valence-corrected chi connectivity index (χ2v) is 5.13. The molecule has 0 fully saturated rings. The van der Waals surface area contributed by atoms with Crippen molar-refractivity contribution >= 4 is 11.6 Å². The zero-order chi connectivity index (χ0) is 15.4. The summed E-state index contributed by atoms with van der Waals surface area (Å²) in [5.41, 5.74) is 5.16. The van der Waals surface area contributed by atoms with Gasteiger partial charge in [0.2, 0.25) is 0 Å². The largest absolute Gasteiger partial charge is 0.380 e. The first kappa shape index (κ1) is 15.2. The third kappa shape index (κ3) is 3.67. The number of aryl methyl sites for hydroxylation is 3. The Bertz CT molecular complexity index is 643. The second-order valence-electron chi connectivity index (χ2n) is 5.13. The van der Waals surface area contributed by atoms with Gasteiger partial charge < -0.3 is 10.1 Å². The van der Waals surface area contributed by atoms with Crippen LogP contribution in [0.5, 0.6) is 0 Å². The van der Waals surface area contributed by atoms with E-state index >= 15 is 0 Å². The fourth-order valence-corrected chi connectivity index (χ4v) is 2.37. The molecule has 4 heteroatoms. The molecule has 21 heavy (non-hydrogen) atoms. The number of pyridine rings is 1. The van der Waals surface area contributed by atoms with E-state index in [1.165, 1.54) is 0 Å². The van der Waals surface area contributed by atoms with E-state index in [9.17, 15) is 4.79 Å². The molecule has 1 aromatic heterocycles. The van der Waals surface area contributed by atoms with Crippen molar-refractivity contribution in [3.63, 3.8) is 0 Å². The van der Waals surface area contributed by atoms with Gasteiger partial charge in [-0.2, -0.15) is 0 Å². The second kappa shape index (κ2) is 6.50. The average Bonchev–Trinajstić information content (AvgIpc) is 2.43. The van der Waals surface area contributed by atoms with Gasteiger partial charge >= 0.3 is 0 Å². The molecule has 0 aliphatic rings. The molecule has 0 spiro atoms. The van der Waals surface area contributed by atoms with E-state index in [-0.39, 0.29) is 5.91 Å². The van der Waals surface area contributed by atoms with Gasteiger partial charge in [0.25, 0.3) is 5.91 Å². The van der Waals surface area contributed by atoms with Gasteiger partial charge in [-0.3, -0.25) is 9.78 Å². The first-order valence-electron chi connectivity index (χ1n) is 6.85. The molecule has 1 amide bonds. The third-order valence-corrected chi connectivity index (χ3v) is 3.26. The standard InChI is InChI=1S/C17H20N2O2/c1-11-8-12(2)18-13(3)16(11)19-17(20)15-7-5-6-14(9-15)10-21-4/h5-9H,10H2,1-4H3,(H,19,20). The van der Waals surface area contributed by atoms with Gasteiger partial charge in [0, 0.05) is 18.4 Å². The number of hydrogen-bond acceptors (Lipinski definition) is 3. The molecule has 0 aliphatic heterocycles. The van der Waals surface area contributed by atoms with E-state index in [1.807, 2.05) is 45.0 Å². The Kier molecular flexibility index (Phi) is 4.70. The Balaban J connectivity index is 2.24. The van der Waals surface area contributed by atoms with Gasteiger partial charge in [0.1, 0.15) is 0 Å². The summed E-state index contributed by atoms with van der Waals surface area (Å²) >= 11 is 0. The van der Waals surface area contributed by atoms with Gasteiger partial charge in [-0.05, 0) is 50.1 Å². The molecular formula is C17H20N2O2. The molecule has 0 aliphatic carbocycles. The number of methoxy groups -OCH3 is 1. The van der Waals surface area contributed by atoms with Crippen LogP contribution in [0.15, 0.2) is 30.3 Å². The number of aromatic nitrogens is 1. The number of carbonyl (C=O) groups excluding carboxylic acids is 1. The highest BCUT2D eigenvalue weighted by atomic mass is 16.5. The zero-order valence-corrected chi connectivity index (χ0v) is 12.9. The lowest BCUT2D eigenvalue weighted by molar-refractivity contribution is 0.102. The smallest absolute Gasteiger partial charge is 0.255 e. The van der Waals surface area contributed by atoms with Gasteiger partial charge in [-0.15, -0.1) is 0 Å². The maximum Gasteiger partial charge on any atom is 0.255 e. The van der Waals surface area contributed by atoms with Crippen molar-refractivity contribution in [2.75, 3.05) is 12.4 Å². The minimum atomic E-state index is -0.134. The van der Waals surface area contributed by atoms with Crippen LogP contribution in [0.1, 0.15) is 32.9 Å². The van der Waals surface area contributed by atoms with Crippen LogP contribution in [0.2, 0.25) is 0 Å². The highest BCUT2D eigenvalue weighted by molar-refractivity contribution is 6.05. The Morgan fingerprint density at radius 1 is 1.24 bits per heavy atom. The van der Waals surface area contributed by atoms with Crippen LogP contribution in [-0.4, -0.2) is 18.0 Å². The lowest BCUT2D eigenvalue weighted by Gasteiger charge is -2.12. The molecule has 2 rings (SSSR count). The maximum absolute atomic E-state index is 12.4. The van der Waals surface area contributed by atoms with Crippen LogP contribution >= 0.6 is 0 Å². The summed E-state index contributed by atoms with van der Waals surface area (Å²) in [7, 11) is 1.64. The van der Waals surface area contributed by atoms with Crippen LogP contribution in [0, 0.1) is 20.8 Å². The van der Waals surface area contributed by atoms with E-state index in [0.29, 0.717) is 12.2 Å². The summed E-state index contributed by atoms with van der Waals surface area (Å²) in [6, 6.07) is 9.39. The quantitative estimate of drug-likeness (QED) is 0.936. The van der Waals surface area contributed by atoms with Gasteiger partial charge in [0.05, 0.1) is 18.0 Å². The van der Waals surface area contributed by atoms with Gasteiger partial charge in [0.15, 0.2) is 0 Å². The summed E-state index contributed by atoms with van der Waals surface area (Å²) in [6.45, 7) is 6.31. The molecule has 4 nitrogen and oxygen atoms in total. The van der Waals surface area contributed by atoms with Crippen LogP contribution < -0.4 is 5.32 Å². The summed E-state index contributed by atoms with van der Waals surface area (Å²) in [5, 5.41) is 2.95. The highest BCUT2D eigenvalue weighted by Crippen LogP contribution is 2.20. The SMILES string of the molecule is COCc1cccc(C(=O)Nc2c(C)cc(C)nc2C)c1. The fraction of sp³-hybridized carbons (Fsp3) is 0.294. The Hall–Kier alpha value is -2.20. The predicted molar refractivity (Wildman–Crippen MR) is 83.6 cm³/mol. The number of carbonyl (C=O) groups is 1. The summed E-state index contributed by atoms with van der Waals surface area (Å²) in [4.78, 5) is 16.8. The van der Waals surface area contributed by atoms with Crippen LogP contribution in [-0.2, 0) is 11.3 Å². The van der Waals surface area contributed by atoms with Crippen molar-refractivity contribution in [1.29, 1.82) is 0 Å². The number of amides is 1. The van der Waals surface area contributed by atoms with Crippen molar-refractivity contribution < 1.29 is 9.53 Å². The van der Waals surface area contributed by atoms with E-state index in [1.54, 1.807) is 13.2 Å². The Labute approximate surface area is 125 Å². The molecule has 2 aromatic rings. The third-order valence-electron chi connectivity index (χ3n) is 3.26. The van der Waals surface area contributed by atoms with E-state index < -0.39 is 0 Å². The molecule has 0 bridgehead atoms. The van der Waals surface area contributed by atoms with E-state index in [0.717, 1.165) is 28.2 Å². The van der Waals surface area contributed by atoms with E-state index in [2.05, 4.69) is 10.3 Å². The van der Waals surface area contributed by atoms with E-state index in [4.69, 9.17) is 4.74 Å². The zero-order valence-electron chi connectivity index (χ0n) is 12.9. The molecule has 1 aromatic carbocycles. The molecular weight excluding hydrogens is 264 g/mol.